The molecule has 0 unspecified atom stereocenters. The van der Waals surface area contributed by atoms with Crippen molar-refractivity contribution in [3.63, 3.8) is 0 Å². The minimum absolute atomic E-state index is 0.0188. The van der Waals surface area contributed by atoms with E-state index in [1.165, 1.54) is 18.5 Å². The highest BCUT2D eigenvalue weighted by molar-refractivity contribution is 6.31. The molecule has 1 aliphatic heterocycles. The summed E-state index contributed by atoms with van der Waals surface area (Å²) in [5.41, 5.74) is 1.11. The molecule has 0 aliphatic carbocycles. The van der Waals surface area contributed by atoms with E-state index >= 15 is 0 Å². The van der Waals surface area contributed by atoms with Crippen molar-refractivity contribution < 1.29 is 28.5 Å². The predicted molar refractivity (Wildman–Crippen MR) is 134 cm³/mol. The molecule has 36 heavy (non-hydrogen) atoms. The summed E-state index contributed by atoms with van der Waals surface area (Å²) in [6, 6.07) is 7.64. The second kappa shape index (κ2) is 12.2. The van der Waals surface area contributed by atoms with E-state index in [0.717, 1.165) is 12.8 Å². The largest absolute Gasteiger partial charge is 0.491 e. The minimum Gasteiger partial charge on any atom is -0.491 e. The van der Waals surface area contributed by atoms with Gasteiger partial charge in [0.05, 0.1) is 28.6 Å². The maximum Gasteiger partial charge on any atom is 0.248 e. The summed E-state index contributed by atoms with van der Waals surface area (Å²) in [6.45, 7) is 3.56. The molecular weight excluding hydrogens is 491 g/mol. The van der Waals surface area contributed by atoms with Gasteiger partial charge in [-0.2, -0.15) is 0 Å². The third-order valence-corrected chi connectivity index (χ3v) is 6.11. The molecule has 1 aliphatic rings. The lowest BCUT2D eigenvalue weighted by Gasteiger charge is -2.24. The van der Waals surface area contributed by atoms with E-state index in [0.29, 0.717) is 60.3 Å². The third-order valence-electron chi connectivity index (χ3n) is 5.82. The van der Waals surface area contributed by atoms with Gasteiger partial charge in [-0.25, -0.2) is 14.4 Å². The smallest absolute Gasteiger partial charge is 0.248 e. The molecule has 1 fully saturated rings. The van der Waals surface area contributed by atoms with E-state index in [-0.39, 0.29) is 23.6 Å². The number of hydrogen-bond acceptors (Lipinski definition) is 8. The lowest BCUT2D eigenvalue weighted by atomic mass is 10.2. The van der Waals surface area contributed by atoms with Gasteiger partial charge in [0.2, 0.25) is 5.91 Å². The summed E-state index contributed by atoms with van der Waals surface area (Å²) >= 11 is 5.95. The summed E-state index contributed by atoms with van der Waals surface area (Å²) in [4.78, 5) is 22.5. The number of nitrogens with one attached hydrogen (secondary N) is 1. The van der Waals surface area contributed by atoms with Crippen LogP contribution in [0, 0.1) is 5.82 Å². The maximum absolute atomic E-state index is 13.6. The zero-order chi connectivity index (χ0) is 25.5. The van der Waals surface area contributed by atoms with Crippen LogP contribution >= 0.6 is 11.6 Å². The van der Waals surface area contributed by atoms with Gasteiger partial charge in [0.1, 0.15) is 49.3 Å². The standard InChI is InChI=1S/C25H28ClFN4O5/c1-2-34-8-9-35-18-11-21-24(22(12-18)36-14-17-4-3-7-31(17)23(33)13-32)25(29-15-28-21)30-16-5-6-20(27)19(26)10-16/h5-6,10-12,15,17,32H,2-4,7-9,13-14H2,1H3,(H,28,29,30)/t17-/m1/s1. The predicted octanol–water partition coefficient (Wildman–Crippen LogP) is 3.94. The number of benzene rings is 2. The molecule has 0 saturated carbocycles. The molecule has 0 radical (unpaired) electrons. The zero-order valence-electron chi connectivity index (χ0n) is 19.9. The van der Waals surface area contributed by atoms with Gasteiger partial charge in [-0.3, -0.25) is 4.79 Å². The number of anilines is 2. The van der Waals surface area contributed by atoms with Gasteiger partial charge in [0.25, 0.3) is 0 Å². The molecule has 11 heteroatoms. The van der Waals surface area contributed by atoms with Crippen LogP contribution in [0.15, 0.2) is 36.7 Å². The Morgan fingerprint density at radius 1 is 1.25 bits per heavy atom. The molecule has 0 spiro atoms. The number of ether oxygens (including phenoxy) is 3. The summed E-state index contributed by atoms with van der Waals surface area (Å²) in [5.74, 6) is 0.595. The van der Waals surface area contributed by atoms with E-state index in [4.69, 9.17) is 25.8 Å². The first-order valence-electron chi connectivity index (χ1n) is 11.7. The molecule has 4 rings (SSSR count). The Hall–Kier alpha value is -3.21. The number of carbonyl (C=O) groups is 1. The molecule has 2 heterocycles. The van der Waals surface area contributed by atoms with Crippen molar-refractivity contribution in [2.45, 2.75) is 25.8 Å². The molecular formula is C25H28ClFN4O5. The summed E-state index contributed by atoms with van der Waals surface area (Å²) in [6.07, 6.45) is 3.01. The fourth-order valence-corrected chi connectivity index (χ4v) is 4.29. The summed E-state index contributed by atoms with van der Waals surface area (Å²) in [7, 11) is 0. The number of fused-ring (bicyclic) bond motifs is 1. The molecule has 1 amide bonds. The van der Waals surface area contributed by atoms with Crippen LogP contribution in [0.2, 0.25) is 5.02 Å². The Morgan fingerprint density at radius 3 is 2.89 bits per heavy atom. The maximum atomic E-state index is 13.6. The number of aromatic nitrogens is 2. The van der Waals surface area contributed by atoms with E-state index in [1.54, 1.807) is 23.1 Å². The third kappa shape index (κ3) is 6.13. The number of amides is 1. The summed E-state index contributed by atoms with van der Waals surface area (Å²) in [5, 5.41) is 13.0. The van der Waals surface area contributed by atoms with Crippen molar-refractivity contribution in [3.05, 3.63) is 47.5 Å². The van der Waals surface area contributed by atoms with Crippen LogP contribution in [-0.4, -0.2) is 71.5 Å². The number of aliphatic hydroxyl groups is 1. The van der Waals surface area contributed by atoms with E-state index < -0.39 is 12.4 Å². The molecule has 9 nitrogen and oxygen atoms in total. The topological polar surface area (TPSA) is 106 Å². The van der Waals surface area contributed by atoms with E-state index in [9.17, 15) is 14.3 Å². The lowest BCUT2D eigenvalue weighted by Crippen LogP contribution is -2.40. The van der Waals surface area contributed by atoms with Crippen LogP contribution in [0.5, 0.6) is 11.5 Å². The fraction of sp³-hybridized carbons (Fsp3) is 0.400. The van der Waals surface area contributed by atoms with Gasteiger partial charge in [-0.1, -0.05) is 11.6 Å². The van der Waals surface area contributed by atoms with Gasteiger partial charge in [-0.15, -0.1) is 0 Å². The average Bonchev–Trinajstić information content (AvgIpc) is 3.35. The summed E-state index contributed by atoms with van der Waals surface area (Å²) < 4.78 is 31.1. The molecule has 0 bridgehead atoms. The number of nitrogens with zero attached hydrogens (tertiary/aromatic N) is 3. The van der Waals surface area contributed by atoms with E-state index in [2.05, 4.69) is 15.3 Å². The van der Waals surface area contributed by atoms with Gasteiger partial charge in [-0.05, 0) is 38.0 Å². The van der Waals surface area contributed by atoms with Crippen LogP contribution in [0.4, 0.5) is 15.9 Å². The average molecular weight is 519 g/mol. The van der Waals surface area contributed by atoms with Gasteiger partial charge in [0.15, 0.2) is 0 Å². The molecule has 1 atom stereocenters. The van der Waals surface area contributed by atoms with Crippen molar-refractivity contribution in [2.24, 2.45) is 0 Å². The number of likely N-dealkylation sites (tertiary alicyclic amines) is 1. The first kappa shape index (κ1) is 25.9. The monoisotopic (exact) mass is 518 g/mol. The van der Waals surface area contributed by atoms with Crippen molar-refractivity contribution in [1.29, 1.82) is 0 Å². The Labute approximate surface area is 213 Å². The van der Waals surface area contributed by atoms with Crippen LogP contribution in [0.25, 0.3) is 10.9 Å². The zero-order valence-corrected chi connectivity index (χ0v) is 20.6. The molecule has 3 aromatic rings. The first-order valence-corrected chi connectivity index (χ1v) is 12.1. The lowest BCUT2D eigenvalue weighted by molar-refractivity contribution is -0.135. The molecule has 192 valence electrons. The van der Waals surface area contributed by atoms with Gasteiger partial charge in [0, 0.05) is 31.0 Å². The van der Waals surface area contributed by atoms with Crippen LogP contribution in [0.3, 0.4) is 0 Å². The molecule has 1 saturated heterocycles. The number of hydrogen-bond donors (Lipinski definition) is 2. The Balaban J connectivity index is 1.65. The Kier molecular flexibility index (Phi) is 8.74. The number of halogens is 2. The number of aliphatic hydroxyl groups excluding tert-OH is 1. The van der Waals surface area contributed by atoms with Gasteiger partial charge < -0.3 is 29.5 Å². The van der Waals surface area contributed by atoms with Crippen LogP contribution in [0.1, 0.15) is 19.8 Å². The van der Waals surface area contributed by atoms with Crippen LogP contribution in [-0.2, 0) is 9.53 Å². The second-order valence-electron chi connectivity index (χ2n) is 8.19. The number of carbonyl (C=O) groups excluding carboxylic acids is 1. The highest BCUT2D eigenvalue weighted by atomic mass is 35.5. The normalized spacial score (nSPS) is 15.3. The van der Waals surface area contributed by atoms with Crippen LogP contribution < -0.4 is 14.8 Å². The highest BCUT2D eigenvalue weighted by Crippen LogP contribution is 2.36. The van der Waals surface area contributed by atoms with Crippen molar-refractivity contribution in [3.8, 4) is 11.5 Å². The fourth-order valence-electron chi connectivity index (χ4n) is 4.11. The van der Waals surface area contributed by atoms with Gasteiger partial charge >= 0.3 is 0 Å². The molecule has 1 aromatic heterocycles. The quantitative estimate of drug-likeness (QED) is 0.368. The Bertz CT molecular complexity index is 1210. The molecule has 2 aromatic carbocycles. The highest BCUT2D eigenvalue weighted by Gasteiger charge is 2.29. The SMILES string of the molecule is CCOCCOc1cc(OC[C@H]2CCCN2C(=O)CO)c2c(Nc3ccc(F)c(Cl)c3)ncnc2c1. The van der Waals surface area contributed by atoms with Crippen molar-refractivity contribution >= 4 is 39.9 Å². The molecule has 2 N–H and O–H groups in total. The van der Waals surface area contributed by atoms with E-state index in [1.807, 2.05) is 6.92 Å². The second-order valence-corrected chi connectivity index (χ2v) is 8.60. The Morgan fingerprint density at radius 2 is 2.11 bits per heavy atom. The van der Waals surface area contributed by atoms with Crippen molar-refractivity contribution in [2.75, 3.05) is 44.9 Å². The minimum atomic E-state index is -0.537. The van der Waals surface area contributed by atoms with Crippen molar-refractivity contribution in [1.82, 2.24) is 14.9 Å². The number of rotatable bonds is 11. The first-order chi connectivity index (χ1) is 17.5.